The Bertz CT molecular complexity index is 1740. The fourth-order valence-electron chi connectivity index (χ4n) is 5.28. The fraction of sp³-hybridized carbons (Fsp3) is 0. The quantitative estimate of drug-likeness (QED) is 0.288. The van der Waals surface area contributed by atoms with Crippen molar-refractivity contribution < 1.29 is 12.4 Å². The molecule has 0 saturated carbocycles. The summed E-state index contributed by atoms with van der Waals surface area (Å²) in [5.41, 5.74) is 7.11. The minimum absolute atomic E-state index is 0. The zero-order chi connectivity index (χ0) is 23.2. The van der Waals surface area contributed by atoms with Gasteiger partial charge in [0, 0.05) is 11.1 Å². The van der Waals surface area contributed by atoms with Crippen molar-refractivity contribution in [3.8, 4) is 11.1 Å². The Kier molecular flexibility index (Phi) is 5.52. The minimum atomic E-state index is 0. The number of hydrogen-bond donors (Lipinski definition) is 0. The smallest absolute Gasteiger partial charge is 0.254 e. The average molecular weight is 483 g/mol. The van der Waals surface area contributed by atoms with E-state index in [-0.39, 0.29) is 12.4 Å². The largest absolute Gasteiger partial charge is 1.00 e. The molecule has 2 nitrogen and oxygen atoms in total. The van der Waals surface area contributed by atoms with Crippen LogP contribution in [0.1, 0.15) is 0 Å². The van der Waals surface area contributed by atoms with Gasteiger partial charge in [-0.25, -0.2) is 0 Å². The molecular formula is C33H23ClN2. The molecule has 7 rings (SSSR count). The molecule has 1 aliphatic rings. The van der Waals surface area contributed by atoms with Gasteiger partial charge >= 0.3 is 0 Å². The van der Waals surface area contributed by atoms with Gasteiger partial charge in [-0.3, -0.25) is 0 Å². The van der Waals surface area contributed by atoms with Gasteiger partial charge in [-0.1, -0.05) is 97.1 Å². The molecule has 3 heteroatoms. The molecule has 0 unspecified atom stereocenters. The minimum Gasteiger partial charge on any atom is -1.00 e. The average Bonchev–Trinajstić information content (AvgIpc) is 3.09. The van der Waals surface area contributed by atoms with Crippen molar-refractivity contribution in [2.45, 2.75) is 0 Å². The summed E-state index contributed by atoms with van der Waals surface area (Å²) in [5, 5.41) is 5.00. The van der Waals surface area contributed by atoms with Gasteiger partial charge in [-0.15, -0.1) is 0 Å². The summed E-state index contributed by atoms with van der Waals surface area (Å²) >= 11 is 0. The molecule has 0 spiro atoms. The third-order valence-corrected chi connectivity index (χ3v) is 6.88. The van der Waals surface area contributed by atoms with Gasteiger partial charge in [0.25, 0.3) is 6.34 Å². The highest BCUT2D eigenvalue weighted by Crippen LogP contribution is 2.48. The number of hydrogen-bond acceptors (Lipinski definition) is 1. The molecule has 0 atom stereocenters. The van der Waals surface area contributed by atoms with Crippen LogP contribution < -0.4 is 21.9 Å². The summed E-state index contributed by atoms with van der Waals surface area (Å²) in [6.45, 7) is 0. The van der Waals surface area contributed by atoms with E-state index in [9.17, 15) is 0 Å². The third-order valence-electron chi connectivity index (χ3n) is 6.88. The Morgan fingerprint density at radius 1 is 0.472 bits per heavy atom. The maximum absolute atomic E-state index is 2.32. The normalized spacial score (nSPS) is 12.3. The van der Waals surface area contributed by atoms with Crippen LogP contribution in [0, 0.1) is 0 Å². The van der Waals surface area contributed by atoms with Crippen LogP contribution in [0.5, 0.6) is 0 Å². The molecule has 1 aliphatic heterocycles. The van der Waals surface area contributed by atoms with Crippen molar-refractivity contribution >= 4 is 50.6 Å². The van der Waals surface area contributed by atoms with Gasteiger partial charge in [-0.05, 0) is 57.9 Å². The molecule has 6 aromatic rings. The van der Waals surface area contributed by atoms with Gasteiger partial charge in [0.05, 0.1) is 0 Å². The van der Waals surface area contributed by atoms with E-state index in [0.29, 0.717) is 0 Å². The monoisotopic (exact) mass is 482 g/mol. The van der Waals surface area contributed by atoms with E-state index >= 15 is 0 Å². The van der Waals surface area contributed by atoms with Crippen molar-refractivity contribution in [1.82, 2.24) is 4.58 Å². The molecule has 0 fully saturated rings. The number of para-hydroxylation sites is 2. The van der Waals surface area contributed by atoms with Crippen molar-refractivity contribution in [3.63, 3.8) is 0 Å². The van der Waals surface area contributed by atoms with Crippen LogP contribution in [-0.4, -0.2) is 6.34 Å². The van der Waals surface area contributed by atoms with Gasteiger partial charge in [0.1, 0.15) is 22.7 Å². The Labute approximate surface area is 216 Å². The molecular weight excluding hydrogens is 460 g/mol. The van der Waals surface area contributed by atoms with Crippen LogP contribution in [0.25, 0.3) is 32.7 Å². The summed E-state index contributed by atoms with van der Waals surface area (Å²) in [6, 6.07) is 47.7. The van der Waals surface area contributed by atoms with E-state index in [1.54, 1.807) is 0 Å². The lowest BCUT2D eigenvalue weighted by molar-refractivity contribution is -0.00000651. The van der Waals surface area contributed by atoms with E-state index in [1.807, 2.05) is 0 Å². The van der Waals surface area contributed by atoms with Crippen LogP contribution >= 0.6 is 0 Å². The van der Waals surface area contributed by atoms with Gasteiger partial charge in [0.2, 0.25) is 0 Å². The molecule has 1 heterocycles. The van der Waals surface area contributed by atoms with E-state index in [0.717, 1.165) is 11.4 Å². The maximum atomic E-state index is 2.32. The summed E-state index contributed by atoms with van der Waals surface area (Å²) in [4.78, 5) is 2.32. The lowest BCUT2D eigenvalue weighted by atomic mass is 9.90. The molecule has 172 valence electrons. The molecule has 0 radical (unpaired) electrons. The van der Waals surface area contributed by atoms with Crippen LogP contribution in [0.2, 0.25) is 0 Å². The van der Waals surface area contributed by atoms with Gasteiger partial charge < -0.3 is 12.4 Å². The molecule has 0 aliphatic carbocycles. The predicted octanol–water partition coefficient (Wildman–Crippen LogP) is 5.68. The Morgan fingerprint density at radius 2 is 1.03 bits per heavy atom. The highest BCUT2D eigenvalue weighted by atomic mass is 35.5. The lowest BCUT2D eigenvalue weighted by Gasteiger charge is -2.17. The second kappa shape index (κ2) is 8.99. The summed E-state index contributed by atoms with van der Waals surface area (Å²) in [7, 11) is 0. The van der Waals surface area contributed by atoms with Crippen molar-refractivity contribution in [2.24, 2.45) is 0 Å². The molecule has 0 N–H and O–H groups in total. The molecule has 0 saturated heterocycles. The SMILES string of the molecule is C1=[N+](c2ccccc2)c2ccc3ccccc3c2-c2c(ccc3ccccc23)N1c1ccccc1.[Cl-]. The molecule has 6 aromatic carbocycles. The lowest BCUT2D eigenvalue weighted by Crippen LogP contribution is -3.00. The first-order valence-electron chi connectivity index (χ1n) is 12.0. The molecule has 0 amide bonds. The summed E-state index contributed by atoms with van der Waals surface area (Å²) in [6.07, 6.45) is 2.24. The second-order valence-electron chi connectivity index (χ2n) is 8.89. The molecule has 0 aromatic heterocycles. The first kappa shape index (κ1) is 22.1. The van der Waals surface area contributed by atoms with Crippen molar-refractivity contribution in [2.75, 3.05) is 4.90 Å². The zero-order valence-electron chi connectivity index (χ0n) is 19.6. The Balaban J connectivity index is 0.00000240. The van der Waals surface area contributed by atoms with Crippen LogP contribution in [0.3, 0.4) is 0 Å². The predicted molar refractivity (Wildman–Crippen MR) is 149 cm³/mol. The van der Waals surface area contributed by atoms with E-state index in [2.05, 4.69) is 149 Å². The number of halogens is 1. The summed E-state index contributed by atoms with van der Waals surface area (Å²) in [5.74, 6) is 0. The first-order valence-corrected chi connectivity index (χ1v) is 12.0. The molecule has 36 heavy (non-hydrogen) atoms. The topological polar surface area (TPSA) is 6.25 Å². The standard InChI is InChI=1S/C33H23N2.ClH/c1-3-13-26(14-4-1)34-23-35(27-15-5-2-6-16-27)31-22-20-25-12-8-10-18-29(25)33(31)32-28-17-9-7-11-24(28)19-21-30(32)34;/h1-23H;1H/q+1;/p-1. The summed E-state index contributed by atoms with van der Waals surface area (Å²) < 4.78 is 2.32. The first-order chi connectivity index (χ1) is 17.4. The van der Waals surface area contributed by atoms with Crippen LogP contribution in [0.15, 0.2) is 133 Å². The number of fused-ring (bicyclic) bond motifs is 7. The fourth-order valence-corrected chi connectivity index (χ4v) is 5.28. The van der Waals surface area contributed by atoms with Gasteiger partial charge in [0.15, 0.2) is 0 Å². The number of anilines is 2. The van der Waals surface area contributed by atoms with Gasteiger partial charge in [-0.2, -0.15) is 9.48 Å². The highest BCUT2D eigenvalue weighted by Gasteiger charge is 2.31. The maximum Gasteiger partial charge on any atom is 0.254 e. The Hall–Kier alpha value is -4.40. The second-order valence-corrected chi connectivity index (χ2v) is 8.89. The number of benzene rings is 6. The van der Waals surface area contributed by atoms with Crippen molar-refractivity contribution in [3.05, 3.63) is 133 Å². The zero-order valence-corrected chi connectivity index (χ0v) is 20.3. The van der Waals surface area contributed by atoms with Crippen LogP contribution in [-0.2, 0) is 0 Å². The third kappa shape index (κ3) is 3.46. The van der Waals surface area contributed by atoms with E-state index < -0.39 is 0 Å². The van der Waals surface area contributed by atoms with Crippen LogP contribution in [0.4, 0.5) is 22.7 Å². The van der Waals surface area contributed by atoms with E-state index in [4.69, 9.17) is 0 Å². The van der Waals surface area contributed by atoms with E-state index in [1.165, 1.54) is 44.0 Å². The Morgan fingerprint density at radius 3 is 1.72 bits per heavy atom. The highest BCUT2D eigenvalue weighted by molar-refractivity contribution is 6.17. The number of nitrogens with zero attached hydrogens (tertiary/aromatic N) is 2. The van der Waals surface area contributed by atoms with Crippen molar-refractivity contribution in [1.29, 1.82) is 0 Å². The number of rotatable bonds is 2. The molecule has 0 bridgehead atoms.